The first-order valence-electron chi connectivity index (χ1n) is 9.31. The standard InChI is InChI=1S/C23H22N2O3/c1-16(23(26)25-20-11-12-21-22(15-20)28-14-13-27-21)24-19-9-7-18(8-10-19)17-5-3-2-4-6-17/h2-12,15-16,24H,13-14H2,1H3,(H,25,26). The van der Waals surface area contributed by atoms with E-state index in [-0.39, 0.29) is 5.91 Å². The zero-order valence-corrected chi connectivity index (χ0v) is 15.6. The Labute approximate surface area is 164 Å². The molecule has 3 aromatic carbocycles. The van der Waals surface area contributed by atoms with E-state index >= 15 is 0 Å². The van der Waals surface area contributed by atoms with Gasteiger partial charge in [0, 0.05) is 17.4 Å². The molecule has 1 heterocycles. The summed E-state index contributed by atoms with van der Waals surface area (Å²) in [5.41, 5.74) is 3.88. The van der Waals surface area contributed by atoms with Gasteiger partial charge in [-0.1, -0.05) is 42.5 Å². The second-order valence-electron chi connectivity index (χ2n) is 6.66. The molecule has 5 heteroatoms. The van der Waals surface area contributed by atoms with Crippen LogP contribution in [0.2, 0.25) is 0 Å². The second kappa shape index (κ2) is 8.05. The van der Waals surface area contributed by atoms with Gasteiger partial charge in [0.1, 0.15) is 19.3 Å². The smallest absolute Gasteiger partial charge is 0.246 e. The topological polar surface area (TPSA) is 59.6 Å². The molecular formula is C23H22N2O3. The summed E-state index contributed by atoms with van der Waals surface area (Å²) in [7, 11) is 0. The van der Waals surface area contributed by atoms with Crippen molar-refractivity contribution in [3.63, 3.8) is 0 Å². The van der Waals surface area contributed by atoms with E-state index in [0.29, 0.717) is 30.4 Å². The summed E-state index contributed by atoms with van der Waals surface area (Å²) < 4.78 is 11.1. The summed E-state index contributed by atoms with van der Waals surface area (Å²) in [6.07, 6.45) is 0. The number of benzene rings is 3. The van der Waals surface area contributed by atoms with Crippen LogP contribution < -0.4 is 20.1 Å². The molecule has 28 heavy (non-hydrogen) atoms. The minimum atomic E-state index is -0.393. The number of carbonyl (C=O) groups excluding carboxylic acids is 1. The third kappa shape index (κ3) is 4.09. The van der Waals surface area contributed by atoms with Gasteiger partial charge in [-0.15, -0.1) is 0 Å². The Morgan fingerprint density at radius 2 is 1.46 bits per heavy atom. The summed E-state index contributed by atoms with van der Waals surface area (Å²) in [6, 6.07) is 23.3. The predicted octanol–water partition coefficient (Wildman–Crippen LogP) is 4.56. The number of anilines is 2. The first-order chi connectivity index (χ1) is 13.7. The Bertz CT molecular complexity index is 955. The maximum Gasteiger partial charge on any atom is 0.246 e. The number of fused-ring (bicyclic) bond motifs is 1. The number of amides is 1. The lowest BCUT2D eigenvalue weighted by Crippen LogP contribution is -2.31. The first-order valence-corrected chi connectivity index (χ1v) is 9.31. The van der Waals surface area contributed by atoms with Crippen molar-refractivity contribution in [2.45, 2.75) is 13.0 Å². The van der Waals surface area contributed by atoms with Crippen molar-refractivity contribution >= 4 is 17.3 Å². The van der Waals surface area contributed by atoms with Gasteiger partial charge >= 0.3 is 0 Å². The summed E-state index contributed by atoms with van der Waals surface area (Å²) >= 11 is 0. The van der Waals surface area contributed by atoms with Gasteiger partial charge in [0.15, 0.2) is 11.5 Å². The van der Waals surface area contributed by atoms with Gasteiger partial charge in [0.2, 0.25) is 5.91 Å². The minimum absolute atomic E-state index is 0.121. The van der Waals surface area contributed by atoms with Gasteiger partial charge in [-0.05, 0) is 42.3 Å². The molecule has 1 atom stereocenters. The molecule has 0 bridgehead atoms. The summed E-state index contributed by atoms with van der Waals surface area (Å²) in [5.74, 6) is 1.24. The molecule has 1 amide bonds. The lowest BCUT2D eigenvalue weighted by molar-refractivity contribution is -0.116. The summed E-state index contributed by atoms with van der Waals surface area (Å²) in [6.45, 7) is 2.89. The highest BCUT2D eigenvalue weighted by Gasteiger charge is 2.16. The van der Waals surface area contributed by atoms with Crippen LogP contribution in [0.4, 0.5) is 11.4 Å². The number of hydrogen-bond acceptors (Lipinski definition) is 4. The first kappa shape index (κ1) is 17.9. The van der Waals surface area contributed by atoms with Crippen LogP contribution in [0.15, 0.2) is 72.8 Å². The fourth-order valence-corrected chi connectivity index (χ4v) is 3.08. The summed E-state index contributed by atoms with van der Waals surface area (Å²) in [4.78, 5) is 12.5. The minimum Gasteiger partial charge on any atom is -0.486 e. The van der Waals surface area contributed by atoms with Crippen LogP contribution >= 0.6 is 0 Å². The van der Waals surface area contributed by atoms with Crippen LogP contribution in [0, 0.1) is 0 Å². The normalized spacial score (nSPS) is 13.5. The maximum absolute atomic E-state index is 12.5. The van der Waals surface area contributed by atoms with Crippen molar-refractivity contribution in [3.05, 3.63) is 72.8 Å². The predicted molar refractivity (Wildman–Crippen MR) is 111 cm³/mol. The van der Waals surface area contributed by atoms with Crippen LogP contribution in [-0.2, 0) is 4.79 Å². The van der Waals surface area contributed by atoms with Gasteiger partial charge in [0.05, 0.1) is 0 Å². The van der Waals surface area contributed by atoms with Crippen LogP contribution in [-0.4, -0.2) is 25.2 Å². The highest BCUT2D eigenvalue weighted by Crippen LogP contribution is 2.32. The molecule has 0 spiro atoms. The molecule has 0 saturated carbocycles. The van der Waals surface area contributed by atoms with Crippen molar-refractivity contribution in [1.82, 2.24) is 0 Å². The van der Waals surface area contributed by atoms with Crippen LogP contribution in [0.5, 0.6) is 11.5 Å². The highest BCUT2D eigenvalue weighted by molar-refractivity contribution is 5.96. The molecular weight excluding hydrogens is 352 g/mol. The van der Waals surface area contributed by atoms with E-state index in [4.69, 9.17) is 9.47 Å². The number of ether oxygens (including phenoxy) is 2. The Kier molecular flexibility index (Phi) is 5.15. The van der Waals surface area contributed by atoms with Crippen molar-refractivity contribution in [1.29, 1.82) is 0 Å². The molecule has 1 unspecified atom stereocenters. The number of hydrogen-bond donors (Lipinski definition) is 2. The zero-order valence-electron chi connectivity index (χ0n) is 15.6. The van der Waals surface area contributed by atoms with Crippen molar-refractivity contribution in [3.8, 4) is 22.6 Å². The van der Waals surface area contributed by atoms with E-state index in [1.54, 1.807) is 6.07 Å². The molecule has 0 fully saturated rings. The Morgan fingerprint density at radius 3 is 2.21 bits per heavy atom. The van der Waals surface area contributed by atoms with Crippen LogP contribution in [0.1, 0.15) is 6.92 Å². The van der Waals surface area contributed by atoms with Gasteiger partial charge < -0.3 is 20.1 Å². The molecule has 3 aromatic rings. The fourth-order valence-electron chi connectivity index (χ4n) is 3.08. The molecule has 5 nitrogen and oxygen atoms in total. The van der Waals surface area contributed by atoms with E-state index in [1.807, 2.05) is 61.5 Å². The van der Waals surface area contributed by atoms with Crippen LogP contribution in [0.25, 0.3) is 11.1 Å². The molecule has 0 aliphatic carbocycles. The third-order valence-corrected chi connectivity index (χ3v) is 4.58. The van der Waals surface area contributed by atoms with Gasteiger partial charge in [-0.2, -0.15) is 0 Å². The molecule has 4 rings (SSSR count). The van der Waals surface area contributed by atoms with Gasteiger partial charge in [0.25, 0.3) is 0 Å². The average Bonchev–Trinajstić information content (AvgIpc) is 2.75. The zero-order chi connectivity index (χ0) is 19.3. The Balaban J connectivity index is 1.38. The van der Waals surface area contributed by atoms with Crippen LogP contribution in [0.3, 0.4) is 0 Å². The van der Waals surface area contributed by atoms with E-state index in [0.717, 1.165) is 11.3 Å². The lowest BCUT2D eigenvalue weighted by Gasteiger charge is -2.20. The van der Waals surface area contributed by atoms with Gasteiger partial charge in [-0.3, -0.25) is 4.79 Å². The number of nitrogens with one attached hydrogen (secondary N) is 2. The number of carbonyl (C=O) groups is 1. The fraction of sp³-hybridized carbons (Fsp3) is 0.174. The van der Waals surface area contributed by atoms with Crippen molar-refractivity contribution in [2.75, 3.05) is 23.8 Å². The molecule has 0 radical (unpaired) electrons. The Morgan fingerprint density at radius 1 is 0.821 bits per heavy atom. The quantitative estimate of drug-likeness (QED) is 0.687. The molecule has 0 saturated heterocycles. The van der Waals surface area contributed by atoms with Crippen molar-refractivity contribution < 1.29 is 14.3 Å². The lowest BCUT2D eigenvalue weighted by atomic mass is 10.1. The molecule has 1 aliphatic rings. The summed E-state index contributed by atoms with van der Waals surface area (Å²) in [5, 5.41) is 6.15. The highest BCUT2D eigenvalue weighted by atomic mass is 16.6. The number of rotatable bonds is 5. The van der Waals surface area contributed by atoms with E-state index in [9.17, 15) is 4.79 Å². The SMILES string of the molecule is CC(Nc1ccc(-c2ccccc2)cc1)C(=O)Nc1ccc2c(c1)OCCO2. The molecule has 0 aromatic heterocycles. The van der Waals surface area contributed by atoms with E-state index < -0.39 is 6.04 Å². The second-order valence-corrected chi connectivity index (χ2v) is 6.66. The maximum atomic E-state index is 12.5. The average molecular weight is 374 g/mol. The monoisotopic (exact) mass is 374 g/mol. The van der Waals surface area contributed by atoms with E-state index in [2.05, 4.69) is 22.8 Å². The molecule has 142 valence electrons. The molecule has 1 aliphatic heterocycles. The van der Waals surface area contributed by atoms with E-state index in [1.165, 1.54) is 5.56 Å². The van der Waals surface area contributed by atoms with Crippen molar-refractivity contribution in [2.24, 2.45) is 0 Å². The Hall–Kier alpha value is -3.47. The third-order valence-electron chi connectivity index (χ3n) is 4.58. The molecule has 2 N–H and O–H groups in total. The van der Waals surface area contributed by atoms with Gasteiger partial charge in [-0.25, -0.2) is 0 Å². The largest absolute Gasteiger partial charge is 0.486 e.